The van der Waals surface area contributed by atoms with Gasteiger partial charge in [0.2, 0.25) is 0 Å². The van der Waals surface area contributed by atoms with Crippen LogP contribution in [0.4, 0.5) is 0 Å². The van der Waals surface area contributed by atoms with Gasteiger partial charge in [0.1, 0.15) is 0 Å². The average Bonchev–Trinajstić information content (AvgIpc) is 2.16. The van der Waals surface area contributed by atoms with E-state index in [1.54, 1.807) is 0 Å². The Labute approximate surface area is 118 Å². The molecule has 1 fully saturated rings. The van der Waals surface area contributed by atoms with Crippen molar-refractivity contribution in [2.75, 3.05) is 0 Å². The van der Waals surface area contributed by atoms with Crippen LogP contribution in [0.3, 0.4) is 0 Å². The molecule has 2 nitrogen and oxygen atoms in total. The second-order valence-corrected chi connectivity index (χ2v) is 5.77. The second-order valence-electron chi connectivity index (χ2n) is 5.77. The monoisotopic (exact) mass is 232 g/mol. The molecule has 1 aliphatic carbocycles. The summed E-state index contributed by atoms with van der Waals surface area (Å²) in [5.41, 5.74) is 0.751. The van der Waals surface area contributed by atoms with E-state index in [1.807, 2.05) is 13.8 Å². The smallest absolute Gasteiger partial charge is 0.610 e. The summed E-state index contributed by atoms with van der Waals surface area (Å²) < 4.78 is 5.62. The van der Waals surface area contributed by atoms with Gasteiger partial charge in [-0.15, -0.1) is 0 Å². The summed E-state index contributed by atoms with van der Waals surface area (Å²) in [6, 6.07) is 0. The summed E-state index contributed by atoms with van der Waals surface area (Å²) in [5.74, 6) is 1.71. The molecule has 0 heterocycles. The van der Waals surface area contributed by atoms with Gasteiger partial charge in [-0.1, -0.05) is 32.8 Å². The number of hydrogen-bond donors (Lipinski definition) is 0. The quantitative estimate of drug-likeness (QED) is 0.510. The summed E-state index contributed by atoms with van der Waals surface area (Å²) >= 11 is 0. The van der Waals surface area contributed by atoms with E-state index in [0.717, 1.165) is 12.0 Å². The molecule has 0 amide bonds. The molecule has 0 saturated heterocycles. The molecule has 0 aromatic carbocycles. The molecular formula is C14H25LiO2. The molecule has 0 unspecified atom stereocenters. The third-order valence-electron chi connectivity index (χ3n) is 3.63. The Balaban J connectivity index is 0.00000256. The molecule has 0 aliphatic heterocycles. The molecule has 3 heteroatoms. The van der Waals surface area contributed by atoms with Crippen molar-refractivity contribution < 1.29 is 28.7 Å². The summed E-state index contributed by atoms with van der Waals surface area (Å²) in [6.45, 7) is 10.3. The molecule has 1 rings (SSSR count). The minimum Gasteiger partial charge on any atom is -0.610 e. The van der Waals surface area contributed by atoms with E-state index in [4.69, 9.17) is 4.74 Å². The van der Waals surface area contributed by atoms with Crippen LogP contribution in [0, 0.1) is 17.8 Å². The van der Waals surface area contributed by atoms with E-state index in [9.17, 15) is 5.11 Å². The van der Waals surface area contributed by atoms with Crippen LogP contribution < -0.4 is 24.0 Å². The van der Waals surface area contributed by atoms with Crippen LogP contribution in [-0.4, -0.2) is 6.10 Å². The van der Waals surface area contributed by atoms with E-state index in [2.05, 4.69) is 20.8 Å². The van der Waals surface area contributed by atoms with Crippen LogP contribution in [0.2, 0.25) is 0 Å². The van der Waals surface area contributed by atoms with Gasteiger partial charge in [-0.2, -0.15) is 0 Å². The molecule has 0 radical (unpaired) electrons. The molecule has 0 aromatic rings. The van der Waals surface area contributed by atoms with Crippen molar-refractivity contribution in [2.45, 2.75) is 60.0 Å². The van der Waals surface area contributed by atoms with Crippen LogP contribution in [0.1, 0.15) is 53.9 Å². The second kappa shape index (κ2) is 7.39. The van der Waals surface area contributed by atoms with Gasteiger partial charge >= 0.3 is 18.9 Å². The molecule has 17 heavy (non-hydrogen) atoms. The normalized spacial score (nSPS) is 28.5. The summed E-state index contributed by atoms with van der Waals surface area (Å²) in [7, 11) is 0. The molecule has 0 aromatic heterocycles. The molecule has 0 spiro atoms. The first-order valence-electron chi connectivity index (χ1n) is 6.43. The Morgan fingerprint density at radius 2 is 1.82 bits per heavy atom. The van der Waals surface area contributed by atoms with Gasteiger partial charge in [0.05, 0.1) is 5.95 Å². The van der Waals surface area contributed by atoms with Gasteiger partial charge in [0.25, 0.3) is 0 Å². The zero-order valence-electron chi connectivity index (χ0n) is 12.2. The number of allylic oxidation sites excluding steroid dienone is 1. The largest absolute Gasteiger partial charge is 1.00 e. The Morgan fingerprint density at radius 3 is 2.29 bits per heavy atom. The molecule has 1 saturated carbocycles. The minimum absolute atomic E-state index is 0. The molecule has 1 aliphatic rings. The Kier molecular flexibility index (Phi) is 7.36. The third kappa shape index (κ3) is 4.98. The van der Waals surface area contributed by atoms with E-state index in [0.29, 0.717) is 17.8 Å². The van der Waals surface area contributed by atoms with E-state index in [1.165, 1.54) is 12.8 Å². The average molecular weight is 232 g/mol. The van der Waals surface area contributed by atoms with Gasteiger partial charge in [0, 0.05) is 6.10 Å². The SMILES string of the molecule is CC(C)=C([O-])O[C@@H]1C[C@H](C)CC[C@H]1C(C)C.[Li+]. The van der Waals surface area contributed by atoms with Gasteiger partial charge in [0.15, 0.2) is 0 Å². The Morgan fingerprint density at radius 1 is 1.24 bits per heavy atom. The number of ether oxygens (including phenoxy) is 1. The van der Waals surface area contributed by atoms with E-state index >= 15 is 0 Å². The van der Waals surface area contributed by atoms with Crippen LogP contribution in [0.25, 0.3) is 0 Å². The fraction of sp³-hybridized carbons (Fsp3) is 0.857. The van der Waals surface area contributed by atoms with Crippen molar-refractivity contribution in [2.24, 2.45) is 17.8 Å². The molecular weight excluding hydrogens is 207 g/mol. The minimum atomic E-state index is -0.121. The van der Waals surface area contributed by atoms with Gasteiger partial charge in [-0.3, -0.25) is 0 Å². The number of rotatable bonds is 3. The summed E-state index contributed by atoms with van der Waals surface area (Å²) in [5, 5.41) is 11.6. The predicted molar refractivity (Wildman–Crippen MR) is 64.6 cm³/mol. The first-order valence-corrected chi connectivity index (χ1v) is 6.43. The molecule has 3 atom stereocenters. The number of hydrogen-bond acceptors (Lipinski definition) is 2. The fourth-order valence-corrected chi connectivity index (χ4v) is 2.51. The predicted octanol–water partition coefficient (Wildman–Crippen LogP) is 0.0795. The van der Waals surface area contributed by atoms with Crippen LogP contribution in [0.15, 0.2) is 11.5 Å². The maximum absolute atomic E-state index is 11.6. The Hall–Kier alpha value is -0.0626. The standard InChI is InChI=1S/C14H26O2.Li/c1-9(2)12-7-6-11(5)8-13(12)16-14(15)10(3)4;/h9,11-13,15H,6-8H2,1-5H3;/q;+1/p-1/t11-,12+,13-;/m1./s1. The van der Waals surface area contributed by atoms with Crippen LogP contribution in [0.5, 0.6) is 0 Å². The molecule has 0 N–H and O–H groups in total. The van der Waals surface area contributed by atoms with Crippen molar-refractivity contribution in [3.8, 4) is 0 Å². The van der Waals surface area contributed by atoms with Crippen molar-refractivity contribution in [3.63, 3.8) is 0 Å². The maximum Gasteiger partial charge on any atom is 1.00 e. The fourth-order valence-electron chi connectivity index (χ4n) is 2.51. The van der Waals surface area contributed by atoms with Gasteiger partial charge in [-0.25, -0.2) is 0 Å². The Bertz CT molecular complexity index is 257. The maximum atomic E-state index is 11.6. The first-order chi connectivity index (χ1) is 7.41. The molecule has 0 bridgehead atoms. The zero-order valence-corrected chi connectivity index (χ0v) is 12.2. The van der Waals surface area contributed by atoms with E-state index in [-0.39, 0.29) is 30.9 Å². The van der Waals surface area contributed by atoms with E-state index < -0.39 is 0 Å². The third-order valence-corrected chi connectivity index (χ3v) is 3.63. The van der Waals surface area contributed by atoms with Gasteiger partial charge in [-0.05, 0) is 44.4 Å². The topological polar surface area (TPSA) is 32.3 Å². The summed E-state index contributed by atoms with van der Waals surface area (Å²) in [6.07, 6.45) is 3.62. The summed E-state index contributed by atoms with van der Waals surface area (Å²) in [4.78, 5) is 0. The first kappa shape index (κ1) is 16.9. The zero-order chi connectivity index (χ0) is 12.3. The van der Waals surface area contributed by atoms with Crippen molar-refractivity contribution in [1.82, 2.24) is 0 Å². The van der Waals surface area contributed by atoms with Crippen molar-refractivity contribution >= 4 is 0 Å². The molecule has 94 valence electrons. The van der Waals surface area contributed by atoms with Crippen molar-refractivity contribution in [1.29, 1.82) is 0 Å². The van der Waals surface area contributed by atoms with Crippen molar-refractivity contribution in [3.05, 3.63) is 11.5 Å². The van der Waals surface area contributed by atoms with Gasteiger partial charge < -0.3 is 9.84 Å². The van der Waals surface area contributed by atoms with Crippen LogP contribution in [-0.2, 0) is 4.74 Å². The van der Waals surface area contributed by atoms with Crippen LogP contribution >= 0.6 is 0 Å².